The average Bonchev–Trinajstić information content (AvgIpc) is 2.15. The van der Waals surface area contributed by atoms with Gasteiger partial charge in [0, 0.05) is 18.0 Å². The van der Waals surface area contributed by atoms with Crippen molar-refractivity contribution in [1.82, 2.24) is 5.32 Å². The Morgan fingerprint density at radius 2 is 1.76 bits per heavy atom. The molecule has 1 saturated heterocycles. The SMILES string of the molecule is CC1CC(C(C)(C)OC(=O)C(Br)Br)CC(C)N1. The minimum atomic E-state index is -0.425. The highest BCUT2D eigenvalue weighted by molar-refractivity contribution is 9.25. The van der Waals surface area contributed by atoms with Gasteiger partial charge in [-0.3, -0.25) is 0 Å². The summed E-state index contributed by atoms with van der Waals surface area (Å²) < 4.78 is 5.15. The molecule has 0 aromatic heterocycles. The van der Waals surface area contributed by atoms with Crippen molar-refractivity contribution >= 4 is 37.8 Å². The van der Waals surface area contributed by atoms with Crippen LogP contribution >= 0.6 is 31.9 Å². The molecule has 1 N–H and O–H groups in total. The zero-order valence-electron chi connectivity index (χ0n) is 10.8. The van der Waals surface area contributed by atoms with E-state index in [1.54, 1.807) is 0 Å². The molecule has 2 unspecified atom stereocenters. The fraction of sp³-hybridized carbons (Fsp3) is 0.917. The first-order valence-electron chi connectivity index (χ1n) is 5.99. The Morgan fingerprint density at radius 3 is 2.18 bits per heavy atom. The van der Waals surface area contributed by atoms with Crippen LogP contribution in [0, 0.1) is 5.92 Å². The van der Waals surface area contributed by atoms with Crippen molar-refractivity contribution in [3.05, 3.63) is 0 Å². The van der Waals surface area contributed by atoms with Crippen molar-refractivity contribution in [2.45, 2.75) is 62.0 Å². The largest absolute Gasteiger partial charge is 0.458 e. The second-order valence-electron chi connectivity index (χ2n) is 5.46. The summed E-state index contributed by atoms with van der Waals surface area (Å²) in [5.74, 6) is 0.144. The van der Waals surface area contributed by atoms with E-state index in [1.807, 2.05) is 13.8 Å². The molecule has 0 saturated carbocycles. The lowest BCUT2D eigenvalue weighted by atomic mass is 9.78. The molecule has 1 rings (SSSR count). The lowest BCUT2D eigenvalue weighted by Gasteiger charge is -2.41. The van der Waals surface area contributed by atoms with Crippen molar-refractivity contribution in [1.29, 1.82) is 0 Å². The average molecular weight is 371 g/mol. The van der Waals surface area contributed by atoms with Gasteiger partial charge in [0.1, 0.15) is 5.60 Å². The third-order valence-corrected chi connectivity index (χ3v) is 4.12. The number of hydrogen-bond acceptors (Lipinski definition) is 3. The molecule has 2 atom stereocenters. The van der Waals surface area contributed by atoms with E-state index in [1.165, 1.54) is 0 Å². The summed E-state index contributed by atoms with van der Waals surface area (Å²) in [6, 6.07) is 0.955. The summed E-state index contributed by atoms with van der Waals surface area (Å²) in [5, 5.41) is 3.50. The van der Waals surface area contributed by atoms with Crippen molar-refractivity contribution in [3.8, 4) is 0 Å². The van der Waals surface area contributed by atoms with Crippen LogP contribution in [-0.2, 0) is 9.53 Å². The van der Waals surface area contributed by atoms with Crippen LogP contribution in [0.3, 0.4) is 0 Å². The van der Waals surface area contributed by atoms with Gasteiger partial charge in [-0.25, -0.2) is 4.79 Å². The molecule has 0 aliphatic carbocycles. The van der Waals surface area contributed by atoms with E-state index >= 15 is 0 Å². The monoisotopic (exact) mass is 369 g/mol. The number of piperidine rings is 1. The number of rotatable bonds is 3. The first-order chi connectivity index (χ1) is 7.72. The van der Waals surface area contributed by atoms with Crippen molar-refractivity contribution < 1.29 is 9.53 Å². The Balaban J connectivity index is 2.65. The number of nitrogens with one attached hydrogen (secondary N) is 1. The molecule has 1 heterocycles. The third kappa shape index (κ3) is 4.52. The lowest BCUT2D eigenvalue weighted by Crippen LogP contribution is -2.50. The molecule has 3 nitrogen and oxygen atoms in total. The number of esters is 1. The smallest absolute Gasteiger partial charge is 0.331 e. The molecule has 100 valence electrons. The van der Waals surface area contributed by atoms with Crippen LogP contribution < -0.4 is 5.32 Å². The highest BCUT2D eigenvalue weighted by Gasteiger charge is 2.38. The van der Waals surface area contributed by atoms with Gasteiger partial charge in [-0.1, -0.05) is 31.9 Å². The van der Waals surface area contributed by atoms with Crippen LogP contribution in [0.25, 0.3) is 0 Å². The van der Waals surface area contributed by atoms with Gasteiger partial charge in [0.05, 0.1) is 0 Å². The molecule has 17 heavy (non-hydrogen) atoms. The third-order valence-electron chi connectivity index (χ3n) is 3.37. The molecule has 0 aromatic rings. The summed E-state index contributed by atoms with van der Waals surface area (Å²) in [6.07, 6.45) is 2.08. The van der Waals surface area contributed by atoms with Crippen molar-refractivity contribution in [2.24, 2.45) is 5.92 Å². The molecule has 1 aliphatic heterocycles. The summed E-state index contributed by atoms with van der Waals surface area (Å²) in [7, 11) is 0. The van der Waals surface area contributed by atoms with Gasteiger partial charge in [0.15, 0.2) is 3.74 Å². The van der Waals surface area contributed by atoms with Gasteiger partial charge < -0.3 is 10.1 Å². The molecular weight excluding hydrogens is 350 g/mol. The van der Waals surface area contributed by atoms with Crippen LogP contribution in [0.5, 0.6) is 0 Å². The van der Waals surface area contributed by atoms with Crippen molar-refractivity contribution in [2.75, 3.05) is 0 Å². The number of halogens is 2. The van der Waals surface area contributed by atoms with Gasteiger partial charge in [-0.2, -0.15) is 0 Å². The standard InChI is InChI=1S/C12H21Br2NO2/c1-7-5-9(6-8(2)15-7)12(3,4)17-11(16)10(13)14/h7-10,15H,5-6H2,1-4H3. The number of carbonyl (C=O) groups excluding carboxylic acids is 1. The first kappa shape index (κ1) is 15.4. The van der Waals surface area contributed by atoms with Gasteiger partial charge in [-0.05, 0) is 40.5 Å². The normalized spacial score (nSPS) is 30.4. The molecule has 5 heteroatoms. The summed E-state index contributed by atoms with van der Waals surface area (Å²) in [4.78, 5) is 11.6. The molecule has 0 aromatic carbocycles. The fourth-order valence-electron chi connectivity index (χ4n) is 2.53. The maximum Gasteiger partial charge on any atom is 0.331 e. The molecular formula is C12H21Br2NO2. The molecule has 0 radical (unpaired) electrons. The molecule has 1 aliphatic rings. The lowest BCUT2D eigenvalue weighted by molar-refractivity contribution is -0.160. The quantitative estimate of drug-likeness (QED) is 0.612. The zero-order valence-corrected chi connectivity index (χ0v) is 14.0. The highest BCUT2D eigenvalue weighted by Crippen LogP contribution is 2.33. The van der Waals surface area contributed by atoms with E-state index in [0.29, 0.717) is 18.0 Å². The van der Waals surface area contributed by atoms with Crippen LogP contribution in [0.4, 0.5) is 0 Å². The predicted molar refractivity (Wildman–Crippen MR) is 76.6 cm³/mol. The number of ether oxygens (including phenoxy) is 1. The van der Waals surface area contributed by atoms with E-state index in [4.69, 9.17) is 4.74 Å². The molecule has 0 amide bonds. The highest BCUT2D eigenvalue weighted by atomic mass is 79.9. The Bertz CT molecular complexity index is 272. The van der Waals surface area contributed by atoms with E-state index < -0.39 is 9.34 Å². The number of carbonyl (C=O) groups is 1. The van der Waals surface area contributed by atoms with E-state index in [9.17, 15) is 4.79 Å². The Kier molecular flexibility index (Phi) is 5.47. The minimum Gasteiger partial charge on any atom is -0.458 e. The Hall–Kier alpha value is 0.390. The summed E-state index contributed by atoms with van der Waals surface area (Å²) in [6.45, 7) is 8.36. The van der Waals surface area contributed by atoms with Gasteiger partial charge in [0.2, 0.25) is 0 Å². The van der Waals surface area contributed by atoms with E-state index in [0.717, 1.165) is 12.8 Å². The Labute approximate surface area is 120 Å². The van der Waals surface area contributed by atoms with Crippen LogP contribution in [-0.4, -0.2) is 27.4 Å². The second kappa shape index (κ2) is 6.02. The van der Waals surface area contributed by atoms with Crippen LogP contribution in [0.1, 0.15) is 40.5 Å². The predicted octanol–water partition coefficient (Wildman–Crippen LogP) is 3.20. The maximum absolute atomic E-state index is 11.6. The fourth-order valence-corrected chi connectivity index (χ4v) is 2.71. The van der Waals surface area contributed by atoms with E-state index in [-0.39, 0.29) is 5.97 Å². The van der Waals surface area contributed by atoms with Gasteiger partial charge in [0.25, 0.3) is 0 Å². The molecule has 1 fully saturated rings. The van der Waals surface area contributed by atoms with E-state index in [2.05, 4.69) is 51.0 Å². The first-order valence-corrected chi connectivity index (χ1v) is 7.82. The second-order valence-corrected chi connectivity index (χ2v) is 8.52. The Morgan fingerprint density at radius 1 is 1.29 bits per heavy atom. The maximum atomic E-state index is 11.6. The number of alkyl halides is 2. The molecule has 0 bridgehead atoms. The topological polar surface area (TPSA) is 38.3 Å². The van der Waals surface area contributed by atoms with Gasteiger partial charge >= 0.3 is 5.97 Å². The number of hydrogen-bond donors (Lipinski definition) is 1. The molecule has 0 spiro atoms. The van der Waals surface area contributed by atoms with Crippen molar-refractivity contribution in [3.63, 3.8) is 0 Å². The zero-order chi connectivity index (χ0) is 13.2. The van der Waals surface area contributed by atoms with Gasteiger partial charge in [-0.15, -0.1) is 0 Å². The minimum absolute atomic E-state index is 0.256. The summed E-state index contributed by atoms with van der Waals surface area (Å²) >= 11 is 6.34. The van der Waals surface area contributed by atoms with Crippen LogP contribution in [0.2, 0.25) is 0 Å². The van der Waals surface area contributed by atoms with Crippen LogP contribution in [0.15, 0.2) is 0 Å². The summed E-state index contributed by atoms with van der Waals surface area (Å²) in [5.41, 5.74) is -0.415.